The molecule has 0 spiro atoms. The van der Waals surface area contributed by atoms with Crippen LogP contribution in [0.2, 0.25) is 0 Å². The summed E-state index contributed by atoms with van der Waals surface area (Å²) in [6.45, 7) is 7.09. The van der Waals surface area contributed by atoms with Gasteiger partial charge >= 0.3 is 7.60 Å². The smallest absolute Gasteiger partial charge is 0.305 e. The fraction of sp³-hybridized carbons (Fsp3) is 1.00. The highest BCUT2D eigenvalue weighted by atomic mass is 35.5. The predicted molar refractivity (Wildman–Crippen MR) is 60.4 cm³/mol. The highest BCUT2D eigenvalue weighted by Gasteiger charge is 2.36. The number of rotatable bonds is 6. The minimum atomic E-state index is -3.29. The molecule has 0 aromatic rings. The lowest BCUT2D eigenvalue weighted by Gasteiger charge is -2.25. The zero-order chi connectivity index (χ0) is 11.4. The molecule has 3 nitrogen and oxygen atoms in total. The fourth-order valence-electron chi connectivity index (χ4n) is 0.829. The molecular formula is C8H17Cl2O3P. The Kier molecular flexibility index (Phi) is 6.67. The first kappa shape index (κ1) is 14.7. The maximum atomic E-state index is 12.1. The highest BCUT2D eigenvalue weighted by molar-refractivity contribution is 7.56. The summed E-state index contributed by atoms with van der Waals surface area (Å²) in [4.78, 5) is 0. The fourth-order valence-corrected chi connectivity index (χ4v) is 3.27. The van der Waals surface area contributed by atoms with Gasteiger partial charge in [-0.1, -0.05) is 0 Å². The molecule has 0 saturated heterocycles. The molecule has 0 aromatic heterocycles. The standard InChI is InChI=1S/C8H17Cl2O3P/c1-6(2)12-14(11,8(10)5-9)13-7(3)4/h6-8H,5H2,1-4H3. The number of hydrogen-bond acceptors (Lipinski definition) is 3. The third-order valence-electron chi connectivity index (χ3n) is 1.19. The Labute approximate surface area is 95.6 Å². The Bertz CT molecular complexity index is 195. The van der Waals surface area contributed by atoms with Crippen LogP contribution in [0.15, 0.2) is 0 Å². The van der Waals surface area contributed by atoms with Crippen molar-refractivity contribution in [3.63, 3.8) is 0 Å². The summed E-state index contributed by atoms with van der Waals surface area (Å²) < 4.78 is 22.5. The van der Waals surface area contributed by atoms with Gasteiger partial charge in [-0.05, 0) is 27.7 Å². The summed E-state index contributed by atoms with van der Waals surface area (Å²) in [6.07, 6.45) is -0.409. The molecule has 14 heavy (non-hydrogen) atoms. The van der Waals surface area contributed by atoms with Gasteiger partial charge in [0.15, 0.2) is 0 Å². The van der Waals surface area contributed by atoms with Gasteiger partial charge in [0.2, 0.25) is 0 Å². The van der Waals surface area contributed by atoms with Crippen molar-refractivity contribution in [2.24, 2.45) is 0 Å². The molecule has 86 valence electrons. The van der Waals surface area contributed by atoms with Crippen LogP contribution in [0.1, 0.15) is 27.7 Å². The molecular weight excluding hydrogens is 246 g/mol. The van der Waals surface area contributed by atoms with Crippen LogP contribution in [0, 0.1) is 0 Å². The molecule has 0 rings (SSSR count). The molecule has 0 aliphatic heterocycles. The Morgan fingerprint density at radius 2 is 1.50 bits per heavy atom. The van der Waals surface area contributed by atoms with Gasteiger partial charge in [0, 0.05) is 0 Å². The lowest BCUT2D eigenvalue weighted by Crippen LogP contribution is -2.15. The zero-order valence-electron chi connectivity index (χ0n) is 8.87. The van der Waals surface area contributed by atoms with Crippen molar-refractivity contribution in [1.82, 2.24) is 0 Å². The number of alkyl halides is 2. The van der Waals surface area contributed by atoms with Crippen molar-refractivity contribution in [3.05, 3.63) is 0 Å². The van der Waals surface area contributed by atoms with Gasteiger partial charge in [-0.25, -0.2) is 0 Å². The van der Waals surface area contributed by atoms with Gasteiger partial charge in [-0.3, -0.25) is 4.57 Å². The second-order valence-electron chi connectivity index (χ2n) is 3.44. The third kappa shape index (κ3) is 4.99. The molecule has 0 N–H and O–H groups in total. The first-order chi connectivity index (χ1) is 6.31. The van der Waals surface area contributed by atoms with Crippen molar-refractivity contribution >= 4 is 30.8 Å². The summed E-state index contributed by atoms with van der Waals surface area (Å²) in [6, 6.07) is 0. The molecule has 0 saturated carbocycles. The Balaban J connectivity index is 4.58. The molecule has 0 aliphatic carbocycles. The number of halogens is 2. The summed E-state index contributed by atoms with van der Waals surface area (Å²) in [5, 5.41) is -0.797. The van der Waals surface area contributed by atoms with Crippen LogP contribution in [-0.4, -0.2) is 23.2 Å². The van der Waals surface area contributed by atoms with E-state index < -0.39 is 12.7 Å². The lowest BCUT2D eigenvalue weighted by atomic mass is 10.5. The highest BCUT2D eigenvalue weighted by Crippen LogP contribution is 2.56. The van der Waals surface area contributed by atoms with E-state index in [0.29, 0.717) is 0 Å². The van der Waals surface area contributed by atoms with Gasteiger partial charge in [0.1, 0.15) is 5.12 Å². The van der Waals surface area contributed by atoms with Gasteiger partial charge < -0.3 is 9.05 Å². The van der Waals surface area contributed by atoms with E-state index in [4.69, 9.17) is 32.2 Å². The molecule has 0 amide bonds. The van der Waals surface area contributed by atoms with E-state index in [2.05, 4.69) is 0 Å². The van der Waals surface area contributed by atoms with E-state index >= 15 is 0 Å². The van der Waals surface area contributed by atoms with Crippen LogP contribution in [0.3, 0.4) is 0 Å². The monoisotopic (exact) mass is 262 g/mol. The molecule has 0 radical (unpaired) electrons. The molecule has 6 heteroatoms. The van der Waals surface area contributed by atoms with Crippen molar-refractivity contribution in [1.29, 1.82) is 0 Å². The molecule has 0 aromatic carbocycles. The Hall–Kier alpha value is 0.730. The van der Waals surface area contributed by atoms with Crippen LogP contribution in [0.25, 0.3) is 0 Å². The topological polar surface area (TPSA) is 35.5 Å². The molecule has 1 atom stereocenters. The quantitative estimate of drug-likeness (QED) is 0.539. The van der Waals surface area contributed by atoms with E-state index in [1.165, 1.54) is 0 Å². The summed E-state index contributed by atoms with van der Waals surface area (Å²) in [5.74, 6) is 0.0400. The van der Waals surface area contributed by atoms with E-state index in [0.717, 1.165) is 0 Å². The van der Waals surface area contributed by atoms with Crippen molar-refractivity contribution < 1.29 is 13.6 Å². The van der Waals surface area contributed by atoms with Crippen LogP contribution in [0.5, 0.6) is 0 Å². The maximum absolute atomic E-state index is 12.1. The van der Waals surface area contributed by atoms with Gasteiger partial charge in [-0.2, -0.15) is 0 Å². The van der Waals surface area contributed by atoms with Gasteiger partial charge in [0.25, 0.3) is 0 Å². The zero-order valence-corrected chi connectivity index (χ0v) is 11.3. The maximum Gasteiger partial charge on any atom is 0.350 e. The SMILES string of the molecule is CC(C)OP(=O)(OC(C)C)C(Cl)CCl. The van der Waals surface area contributed by atoms with E-state index in [-0.39, 0.29) is 18.1 Å². The average Bonchev–Trinajstić information content (AvgIpc) is 1.99. The molecule has 0 bridgehead atoms. The summed E-state index contributed by atoms with van der Waals surface area (Å²) in [5.41, 5.74) is 0. The molecule has 0 fully saturated rings. The molecule has 0 heterocycles. The Morgan fingerprint density at radius 1 is 1.14 bits per heavy atom. The largest absolute Gasteiger partial charge is 0.350 e. The van der Waals surface area contributed by atoms with Crippen molar-refractivity contribution in [2.45, 2.75) is 45.0 Å². The number of hydrogen-bond donors (Lipinski definition) is 0. The van der Waals surface area contributed by atoms with E-state index in [9.17, 15) is 4.57 Å². The normalized spacial score (nSPS) is 15.1. The van der Waals surface area contributed by atoms with E-state index in [1.54, 1.807) is 27.7 Å². The first-order valence-corrected chi connectivity index (χ1v) is 7.06. The van der Waals surface area contributed by atoms with E-state index in [1.807, 2.05) is 0 Å². The van der Waals surface area contributed by atoms with Crippen molar-refractivity contribution in [2.75, 3.05) is 5.88 Å². The predicted octanol–water partition coefficient (Wildman–Crippen LogP) is 3.83. The summed E-state index contributed by atoms with van der Waals surface area (Å²) >= 11 is 11.4. The van der Waals surface area contributed by atoms with Crippen LogP contribution >= 0.6 is 30.8 Å². The second kappa shape index (κ2) is 6.34. The minimum absolute atomic E-state index is 0.0400. The Morgan fingerprint density at radius 3 is 1.71 bits per heavy atom. The van der Waals surface area contributed by atoms with Gasteiger partial charge in [0.05, 0.1) is 18.1 Å². The molecule has 0 aliphatic rings. The third-order valence-corrected chi connectivity index (χ3v) is 5.04. The summed E-state index contributed by atoms with van der Waals surface area (Å²) in [7, 11) is -3.29. The minimum Gasteiger partial charge on any atom is -0.305 e. The van der Waals surface area contributed by atoms with Gasteiger partial charge in [-0.15, -0.1) is 23.2 Å². The van der Waals surface area contributed by atoms with Crippen LogP contribution < -0.4 is 0 Å². The van der Waals surface area contributed by atoms with Crippen LogP contribution in [0.4, 0.5) is 0 Å². The molecule has 1 unspecified atom stereocenters. The average molecular weight is 263 g/mol. The second-order valence-corrected chi connectivity index (χ2v) is 6.70. The van der Waals surface area contributed by atoms with Crippen molar-refractivity contribution in [3.8, 4) is 0 Å². The first-order valence-electron chi connectivity index (χ1n) is 4.48. The van der Waals surface area contributed by atoms with Crippen LogP contribution in [-0.2, 0) is 13.6 Å². The lowest BCUT2D eigenvalue weighted by molar-refractivity contribution is 0.141.